The highest BCUT2D eigenvalue weighted by Crippen LogP contribution is 2.33. The molecule has 3 rings (SSSR count). The summed E-state index contributed by atoms with van der Waals surface area (Å²) >= 11 is 0. The molecule has 0 aromatic heterocycles. The van der Waals surface area contributed by atoms with Gasteiger partial charge in [-0.2, -0.15) is 18.2 Å². The average molecular weight is 365 g/mol. The highest BCUT2D eigenvalue weighted by atomic mass is 19.4. The summed E-state index contributed by atoms with van der Waals surface area (Å²) in [5.41, 5.74) is 0.0698. The lowest BCUT2D eigenvalue weighted by Gasteiger charge is -2.17. The highest BCUT2D eigenvalue weighted by Gasteiger charge is 2.33. The number of ether oxygens (including phenoxy) is 1. The van der Waals surface area contributed by atoms with E-state index in [0.29, 0.717) is 6.42 Å². The van der Waals surface area contributed by atoms with Crippen LogP contribution in [-0.2, 0) is 15.8 Å². The molecule has 1 fully saturated rings. The third-order valence-corrected chi connectivity index (χ3v) is 4.25. The predicted octanol–water partition coefficient (Wildman–Crippen LogP) is 4.24. The summed E-state index contributed by atoms with van der Waals surface area (Å²) in [6.07, 6.45) is -4.23. The highest BCUT2D eigenvalue weighted by molar-refractivity contribution is 5.89. The van der Waals surface area contributed by atoms with Crippen LogP contribution in [0, 0.1) is 0 Å². The summed E-state index contributed by atoms with van der Waals surface area (Å²) in [5.74, 6) is -0.800. The number of benzene rings is 2. The Bertz CT molecular complexity index is 764. The molecule has 1 aliphatic heterocycles. The van der Waals surface area contributed by atoms with Crippen LogP contribution in [-0.4, -0.2) is 30.8 Å². The molecule has 0 radical (unpaired) electrons. The molecular weight excluding hydrogens is 347 g/mol. The van der Waals surface area contributed by atoms with Crippen LogP contribution in [0.4, 0.5) is 13.2 Å². The van der Waals surface area contributed by atoms with Gasteiger partial charge in [-0.25, -0.2) is 4.79 Å². The van der Waals surface area contributed by atoms with E-state index in [2.05, 4.69) is 0 Å². The molecule has 0 saturated carbocycles. The van der Waals surface area contributed by atoms with E-state index >= 15 is 0 Å². The predicted molar refractivity (Wildman–Crippen MR) is 88.2 cm³/mol. The van der Waals surface area contributed by atoms with Gasteiger partial charge >= 0.3 is 12.1 Å². The number of alkyl halides is 3. The standard InChI is InChI=1S/C19H18F3NO3/c1-23-17(13-6-3-2-4-7-13)11-16(26-23)12-25-18(24)14-8-5-9-15(10-14)19(20,21)22/h2-10,16-17H,11-12H2,1H3. The molecule has 1 aliphatic rings. The van der Waals surface area contributed by atoms with E-state index < -0.39 is 17.7 Å². The van der Waals surface area contributed by atoms with Gasteiger partial charge in [0.05, 0.1) is 17.2 Å². The molecule has 2 aromatic rings. The minimum absolute atomic E-state index is 0.0250. The van der Waals surface area contributed by atoms with Crippen LogP contribution in [0.25, 0.3) is 0 Å². The molecule has 26 heavy (non-hydrogen) atoms. The van der Waals surface area contributed by atoms with Gasteiger partial charge in [0.15, 0.2) is 0 Å². The fraction of sp³-hybridized carbons (Fsp3) is 0.316. The van der Waals surface area contributed by atoms with E-state index in [1.165, 1.54) is 12.1 Å². The molecule has 2 aromatic carbocycles. The minimum Gasteiger partial charge on any atom is -0.459 e. The van der Waals surface area contributed by atoms with Crippen molar-refractivity contribution < 1.29 is 27.5 Å². The largest absolute Gasteiger partial charge is 0.459 e. The van der Waals surface area contributed by atoms with Crippen LogP contribution in [0.3, 0.4) is 0 Å². The van der Waals surface area contributed by atoms with E-state index in [0.717, 1.165) is 17.7 Å². The summed E-state index contributed by atoms with van der Waals surface area (Å²) in [5, 5.41) is 1.71. The van der Waals surface area contributed by atoms with Gasteiger partial charge in [0.2, 0.25) is 0 Å². The van der Waals surface area contributed by atoms with Crippen molar-refractivity contribution in [1.82, 2.24) is 5.06 Å². The maximum absolute atomic E-state index is 12.7. The van der Waals surface area contributed by atoms with Crippen molar-refractivity contribution in [3.8, 4) is 0 Å². The smallest absolute Gasteiger partial charge is 0.416 e. The summed E-state index contributed by atoms with van der Waals surface area (Å²) in [6.45, 7) is -0.0250. The second-order valence-electron chi connectivity index (χ2n) is 6.11. The van der Waals surface area contributed by atoms with Crippen LogP contribution in [0.5, 0.6) is 0 Å². The normalized spacial score (nSPS) is 20.9. The van der Waals surface area contributed by atoms with E-state index in [1.807, 2.05) is 30.3 Å². The van der Waals surface area contributed by atoms with Gasteiger partial charge in [-0.3, -0.25) is 4.84 Å². The molecular formula is C19H18F3NO3. The summed E-state index contributed by atoms with van der Waals surface area (Å²) in [7, 11) is 1.80. The van der Waals surface area contributed by atoms with Crippen molar-refractivity contribution in [2.45, 2.75) is 24.7 Å². The molecule has 0 N–H and O–H groups in total. The third-order valence-electron chi connectivity index (χ3n) is 4.25. The fourth-order valence-corrected chi connectivity index (χ4v) is 2.94. The molecule has 1 saturated heterocycles. The number of hydrogen-bond acceptors (Lipinski definition) is 4. The van der Waals surface area contributed by atoms with E-state index in [4.69, 9.17) is 9.57 Å². The lowest BCUT2D eigenvalue weighted by atomic mass is 10.0. The zero-order valence-corrected chi connectivity index (χ0v) is 14.1. The molecule has 2 unspecified atom stereocenters. The molecule has 7 heteroatoms. The molecule has 138 valence electrons. The van der Waals surface area contributed by atoms with Crippen molar-refractivity contribution in [1.29, 1.82) is 0 Å². The Hall–Kier alpha value is -2.38. The Kier molecular flexibility index (Phi) is 5.29. The van der Waals surface area contributed by atoms with Gasteiger partial charge in [-0.1, -0.05) is 36.4 Å². The number of carbonyl (C=O) groups excluding carboxylic acids is 1. The maximum atomic E-state index is 12.7. The van der Waals surface area contributed by atoms with E-state index in [9.17, 15) is 18.0 Å². The first-order valence-corrected chi connectivity index (χ1v) is 8.13. The first-order valence-electron chi connectivity index (χ1n) is 8.13. The number of hydrogen-bond donors (Lipinski definition) is 0. The van der Waals surface area contributed by atoms with Crippen molar-refractivity contribution in [3.63, 3.8) is 0 Å². The fourth-order valence-electron chi connectivity index (χ4n) is 2.94. The lowest BCUT2D eigenvalue weighted by Crippen LogP contribution is -2.21. The molecule has 1 heterocycles. The van der Waals surface area contributed by atoms with Gasteiger partial charge in [0.1, 0.15) is 12.7 Å². The van der Waals surface area contributed by atoms with Crippen LogP contribution in [0.2, 0.25) is 0 Å². The number of esters is 1. The number of hydroxylamine groups is 2. The first kappa shape index (κ1) is 18.4. The summed E-state index contributed by atoms with van der Waals surface area (Å²) in [4.78, 5) is 17.7. The van der Waals surface area contributed by atoms with Crippen molar-refractivity contribution in [2.75, 3.05) is 13.7 Å². The minimum atomic E-state index is -4.50. The Morgan fingerprint density at radius 1 is 1.19 bits per heavy atom. The number of nitrogens with zero attached hydrogens (tertiary/aromatic N) is 1. The van der Waals surface area contributed by atoms with Gasteiger partial charge in [0.25, 0.3) is 0 Å². The molecule has 0 bridgehead atoms. The SMILES string of the molecule is CN1OC(COC(=O)c2cccc(C(F)(F)F)c2)CC1c1ccccc1. The maximum Gasteiger partial charge on any atom is 0.416 e. The van der Waals surface area contributed by atoms with Crippen molar-refractivity contribution in [3.05, 3.63) is 71.3 Å². The number of carbonyl (C=O) groups is 1. The van der Waals surface area contributed by atoms with Crippen LogP contribution in [0.15, 0.2) is 54.6 Å². The van der Waals surface area contributed by atoms with Gasteiger partial charge in [0, 0.05) is 13.5 Å². The monoisotopic (exact) mass is 365 g/mol. The van der Waals surface area contributed by atoms with Crippen molar-refractivity contribution in [2.24, 2.45) is 0 Å². The van der Waals surface area contributed by atoms with Crippen molar-refractivity contribution >= 4 is 5.97 Å². The zero-order chi connectivity index (χ0) is 18.7. The molecule has 4 nitrogen and oxygen atoms in total. The van der Waals surface area contributed by atoms with Gasteiger partial charge in [-0.15, -0.1) is 0 Å². The molecule has 2 atom stereocenters. The van der Waals surface area contributed by atoms with Gasteiger partial charge < -0.3 is 4.74 Å². The molecule has 0 aliphatic carbocycles. The zero-order valence-electron chi connectivity index (χ0n) is 14.1. The average Bonchev–Trinajstić information content (AvgIpc) is 3.00. The Labute approximate surface area is 149 Å². The van der Waals surface area contributed by atoms with E-state index in [-0.39, 0.29) is 24.3 Å². The van der Waals surface area contributed by atoms with Crippen LogP contribution < -0.4 is 0 Å². The number of halogens is 3. The quantitative estimate of drug-likeness (QED) is 0.760. The van der Waals surface area contributed by atoms with Gasteiger partial charge in [-0.05, 0) is 23.8 Å². The number of rotatable bonds is 4. The van der Waals surface area contributed by atoms with Crippen LogP contribution >= 0.6 is 0 Å². The summed E-state index contributed by atoms with van der Waals surface area (Å²) < 4.78 is 43.4. The Balaban J connectivity index is 1.59. The Morgan fingerprint density at radius 2 is 1.92 bits per heavy atom. The second-order valence-corrected chi connectivity index (χ2v) is 6.11. The third kappa shape index (κ3) is 4.23. The second kappa shape index (κ2) is 7.47. The molecule has 0 spiro atoms. The Morgan fingerprint density at radius 3 is 2.62 bits per heavy atom. The molecule has 0 amide bonds. The van der Waals surface area contributed by atoms with E-state index in [1.54, 1.807) is 12.1 Å². The first-order chi connectivity index (χ1) is 12.3. The topological polar surface area (TPSA) is 38.8 Å². The van der Waals surface area contributed by atoms with Crippen LogP contribution in [0.1, 0.15) is 33.9 Å². The summed E-state index contributed by atoms with van der Waals surface area (Å²) in [6, 6.07) is 14.0. The lowest BCUT2D eigenvalue weighted by molar-refractivity contribution is -0.153.